The molecule has 1 N–H and O–H groups in total. The Hall–Kier alpha value is -0.650. The minimum absolute atomic E-state index is 0.856. The van der Waals surface area contributed by atoms with Crippen LogP contribution in [0.1, 0.15) is 32.8 Å². The van der Waals surface area contributed by atoms with Gasteiger partial charge in [0.1, 0.15) is 0 Å². The Kier molecular flexibility index (Phi) is 8.79. The zero-order valence-electron chi connectivity index (χ0n) is 12.4. The average molecular weight is 282 g/mol. The first kappa shape index (κ1) is 16.4. The van der Waals surface area contributed by atoms with Crippen LogP contribution in [0, 0.1) is 0 Å². The molecule has 0 saturated heterocycles. The SMILES string of the molecule is CCSc1ncc(CNCCCN(CC)CC)cn1. The molecule has 0 bridgehead atoms. The first-order chi connectivity index (χ1) is 9.30. The van der Waals surface area contributed by atoms with Crippen LogP contribution in [-0.2, 0) is 6.54 Å². The zero-order chi connectivity index (χ0) is 13.9. The average Bonchev–Trinajstić information content (AvgIpc) is 2.45. The van der Waals surface area contributed by atoms with Crippen LogP contribution in [0.25, 0.3) is 0 Å². The first-order valence-electron chi connectivity index (χ1n) is 7.16. The molecule has 1 aromatic rings. The smallest absolute Gasteiger partial charge is 0.187 e. The van der Waals surface area contributed by atoms with Gasteiger partial charge >= 0.3 is 0 Å². The highest BCUT2D eigenvalue weighted by Crippen LogP contribution is 2.10. The number of thioether (sulfide) groups is 1. The molecule has 0 aliphatic rings. The van der Waals surface area contributed by atoms with Crippen LogP contribution in [0.15, 0.2) is 17.6 Å². The molecule has 19 heavy (non-hydrogen) atoms. The molecule has 0 aliphatic heterocycles. The number of nitrogens with one attached hydrogen (secondary N) is 1. The summed E-state index contributed by atoms with van der Waals surface area (Å²) in [7, 11) is 0. The number of hydrogen-bond donors (Lipinski definition) is 1. The van der Waals surface area contributed by atoms with E-state index in [2.05, 4.69) is 41.0 Å². The summed E-state index contributed by atoms with van der Waals surface area (Å²) in [5, 5.41) is 4.31. The van der Waals surface area contributed by atoms with E-state index in [0.29, 0.717) is 0 Å². The van der Waals surface area contributed by atoms with E-state index >= 15 is 0 Å². The standard InChI is InChI=1S/C14H26N4S/c1-4-18(5-2)9-7-8-15-10-13-11-16-14(17-12-13)19-6-3/h11-12,15H,4-10H2,1-3H3. The van der Waals surface area contributed by atoms with Crippen molar-refractivity contribution in [3.8, 4) is 0 Å². The third-order valence-corrected chi connectivity index (χ3v) is 3.76. The fourth-order valence-corrected chi connectivity index (χ4v) is 2.35. The predicted molar refractivity (Wildman–Crippen MR) is 82.5 cm³/mol. The molecular formula is C14H26N4S. The quantitative estimate of drug-likeness (QED) is 0.405. The van der Waals surface area contributed by atoms with Crippen molar-refractivity contribution in [1.82, 2.24) is 20.2 Å². The summed E-state index contributed by atoms with van der Waals surface area (Å²) in [5.41, 5.74) is 1.16. The maximum absolute atomic E-state index is 4.33. The van der Waals surface area contributed by atoms with Crippen LogP contribution in [0.5, 0.6) is 0 Å². The fourth-order valence-electron chi connectivity index (χ4n) is 1.84. The molecular weight excluding hydrogens is 256 g/mol. The number of hydrogen-bond acceptors (Lipinski definition) is 5. The van der Waals surface area contributed by atoms with Crippen LogP contribution in [0.3, 0.4) is 0 Å². The highest BCUT2D eigenvalue weighted by molar-refractivity contribution is 7.99. The summed E-state index contributed by atoms with van der Waals surface area (Å²) >= 11 is 1.68. The summed E-state index contributed by atoms with van der Waals surface area (Å²) in [5.74, 6) is 1.02. The highest BCUT2D eigenvalue weighted by atomic mass is 32.2. The third kappa shape index (κ3) is 6.89. The van der Waals surface area contributed by atoms with Crippen molar-refractivity contribution < 1.29 is 0 Å². The van der Waals surface area contributed by atoms with E-state index in [4.69, 9.17) is 0 Å². The molecule has 4 nitrogen and oxygen atoms in total. The van der Waals surface area contributed by atoms with E-state index in [1.807, 2.05) is 12.4 Å². The number of rotatable bonds is 10. The molecule has 0 aromatic carbocycles. The van der Waals surface area contributed by atoms with E-state index in [1.165, 1.54) is 13.0 Å². The molecule has 108 valence electrons. The van der Waals surface area contributed by atoms with Gasteiger partial charge in [-0.3, -0.25) is 0 Å². The predicted octanol–water partition coefficient (Wildman–Crippen LogP) is 2.41. The van der Waals surface area contributed by atoms with E-state index < -0.39 is 0 Å². The van der Waals surface area contributed by atoms with Gasteiger partial charge in [-0.2, -0.15) is 0 Å². The van der Waals surface area contributed by atoms with Gasteiger partial charge in [-0.25, -0.2) is 9.97 Å². The molecule has 1 heterocycles. The lowest BCUT2D eigenvalue weighted by Gasteiger charge is -2.17. The van der Waals surface area contributed by atoms with Gasteiger partial charge in [-0.05, 0) is 38.4 Å². The molecule has 1 rings (SSSR count). The normalized spacial score (nSPS) is 11.2. The second-order valence-corrected chi connectivity index (χ2v) is 5.60. The molecule has 0 amide bonds. The summed E-state index contributed by atoms with van der Waals surface area (Å²) in [6.07, 6.45) is 5.02. The molecule has 5 heteroatoms. The van der Waals surface area contributed by atoms with Crippen molar-refractivity contribution in [1.29, 1.82) is 0 Å². The molecule has 0 unspecified atom stereocenters. The minimum atomic E-state index is 0.856. The van der Waals surface area contributed by atoms with Gasteiger partial charge in [0.25, 0.3) is 0 Å². The minimum Gasteiger partial charge on any atom is -0.313 e. The molecule has 0 radical (unpaired) electrons. The maximum atomic E-state index is 4.33. The van der Waals surface area contributed by atoms with Crippen molar-refractivity contribution in [2.45, 2.75) is 38.9 Å². The number of nitrogens with zero attached hydrogens (tertiary/aromatic N) is 3. The van der Waals surface area contributed by atoms with Crippen LogP contribution in [0.4, 0.5) is 0 Å². The summed E-state index contributed by atoms with van der Waals surface area (Å²) in [4.78, 5) is 11.1. The summed E-state index contributed by atoms with van der Waals surface area (Å²) in [6.45, 7) is 11.9. The monoisotopic (exact) mass is 282 g/mol. The van der Waals surface area contributed by atoms with Gasteiger partial charge < -0.3 is 10.2 Å². The first-order valence-corrected chi connectivity index (χ1v) is 8.15. The van der Waals surface area contributed by atoms with E-state index in [1.54, 1.807) is 11.8 Å². The molecule has 0 atom stereocenters. The Labute approximate surface area is 121 Å². The van der Waals surface area contributed by atoms with Gasteiger partial charge in [-0.15, -0.1) is 0 Å². The lowest BCUT2D eigenvalue weighted by molar-refractivity contribution is 0.298. The third-order valence-electron chi connectivity index (χ3n) is 3.01. The molecule has 0 fully saturated rings. The second-order valence-electron chi connectivity index (χ2n) is 4.36. The van der Waals surface area contributed by atoms with Crippen molar-refractivity contribution in [3.63, 3.8) is 0 Å². The molecule has 0 aliphatic carbocycles. The van der Waals surface area contributed by atoms with Gasteiger partial charge in [0.05, 0.1) is 0 Å². The largest absolute Gasteiger partial charge is 0.313 e. The second kappa shape index (κ2) is 10.2. The zero-order valence-corrected chi connectivity index (χ0v) is 13.2. The van der Waals surface area contributed by atoms with Crippen molar-refractivity contribution in [3.05, 3.63) is 18.0 Å². The van der Waals surface area contributed by atoms with Gasteiger partial charge in [-0.1, -0.05) is 32.5 Å². The lowest BCUT2D eigenvalue weighted by atomic mass is 10.3. The van der Waals surface area contributed by atoms with Crippen molar-refractivity contribution in [2.24, 2.45) is 0 Å². The van der Waals surface area contributed by atoms with Crippen LogP contribution in [0.2, 0.25) is 0 Å². The van der Waals surface area contributed by atoms with Crippen molar-refractivity contribution in [2.75, 3.05) is 31.9 Å². The van der Waals surface area contributed by atoms with Gasteiger partial charge in [0.15, 0.2) is 5.16 Å². The summed E-state index contributed by atoms with van der Waals surface area (Å²) in [6, 6.07) is 0. The Morgan fingerprint density at radius 1 is 1.16 bits per heavy atom. The Bertz CT molecular complexity index is 325. The maximum Gasteiger partial charge on any atom is 0.187 e. The highest BCUT2D eigenvalue weighted by Gasteiger charge is 1.99. The van der Waals surface area contributed by atoms with Crippen LogP contribution >= 0.6 is 11.8 Å². The van der Waals surface area contributed by atoms with E-state index in [0.717, 1.165) is 42.7 Å². The fraction of sp³-hybridized carbons (Fsp3) is 0.714. The van der Waals surface area contributed by atoms with Gasteiger partial charge in [0.2, 0.25) is 0 Å². The van der Waals surface area contributed by atoms with Gasteiger partial charge in [0, 0.05) is 24.5 Å². The van der Waals surface area contributed by atoms with Crippen LogP contribution in [-0.4, -0.2) is 46.8 Å². The molecule has 0 saturated carbocycles. The van der Waals surface area contributed by atoms with E-state index in [-0.39, 0.29) is 0 Å². The molecule has 1 aromatic heterocycles. The topological polar surface area (TPSA) is 41.1 Å². The number of aromatic nitrogens is 2. The lowest BCUT2D eigenvalue weighted by Crippen LogP contribution is -2.27. The Morgan fingerprint density at radius 2 is 1.84 bits per heavy atom. The summed E-state index contributed by atoms with van der Waals surface area (Å²) < 4.78 is 0. The van der Waals surface area contributed by atoms with Crippen LogP contribution < -0.4 is 5.32 Å². The Morgan fingerprint density at radius 3 is 2.42 bits per heavy atom. The molecule has 0 spiro atoms. The Balaban J connectivity index is 2.15. The van der Waals surface area contributed by atoms with Crippen molar-refractivity contribution >= 4 is 11.8 Å². The van der Waals surface area contributed by atoms with E-state index in [9.17, 15) is 0 Å².